The van der Waals surface area contributed by atoms with Crippen molar-refractivity contribution in [2.75, 3.05) is 13.1 Å². The highest BCUT2D eigenvalue weighted by molar-refractivity contribution is 5.92. The molecule has 0 saturated carbocycles. The molecule has 1 heterocycles. The van der Waals surface area contributed by atoms with Crippen molar-refractivity contribution in [1.82, 2.24) is 10.2 Å². The van der Waals surface area contributed by atoms with Gasteiger partial charge in [-0.1, -0.05) is 13.8 Å². The van der Waals surface area contributed by atoms with Crippen LogP contribution in [0.4, 0.5) is 0 Å². The zero-order valence-electron chi connectivity index (χ0n) is 11.7. The van der Waals surface area contributed by atoms with Crippen LogP contribution in [-0.4, -0.2) is 46.4 Å². The van der Waals surface area contributed by atoms with Gasteiger partial charge in [-0.2, -0.15) is 0 Å². The molecule has 1 rings (SSSR count). The molecule has 0 bridgehead atoms. The molecule has 1 unspecified atom stereocenters. The molecule has 0 spiro atoms. The van der Waals surface area contributed by atoms with Crippen molar-refractivity contribution in [2.24, 2.45) is 5.92 Å². The Bertz CT molecular complexity index is 377. The first kappa shape index (κ1) is 15.5. The van der Waals surface area contributed by atoms with E-state index < -0.39 is 17.4 Å². The average Bonchev–Trinajstić information content (AvgIpc) is 2.76. The van der Waals surface area contributed by atoms with Crippen molar-refractivity contribution in [1.29, 1.82) is 0 Å². The van der Waals surface area contributed by atoms with Gasteiger partial charge in [0.1, 0.15) is 5.54 Å². The van der Waals surface area contributed by atoms with Gasteiger partial charge in [-0.3, -0.25) is 9.59 Å². The Morgan fingerprint density at radius 1 is 1.37 bits per heavy atom. The second kappa shape index (κ2) is 6.04. The van der Waals surface area contributed by atoms with E-state index in [4.69, 9.17) is 0 Å². The largest absolute Gasteiger partial charge is 0.480 e. The van der Waals surface area contributed by atoms with E-state index in [2.05, 4.69) is 5.32 Å². The Kier molecular flexibility index (Phi) is 4.91. The van der Waals surface area contributed by atoms with Crippen molar-refractivity contribution in [3.63, 3.8) is 0 Å². The summed E-state index contributed by atoms with van der Waals surface area (Å²) in [6.07, 6.45) is 0.814. The molecule has 0 radical (unpaired) electrons. The highest BCUT2D eigenvalue weighted by atomic mass is 16.4. The smallest absolute Gasteiger partial charge is 0.329 e. The average molecular weight is 270 g/mol. The van der Waals surface area contributed by atoms with E-state index in [1.54, 1.807) is 18.7 Å². The van der Waals surface area contributed by atoms with Gasteiger partial charge in [0.05, 0.1) is 5.92 Å². The number of rotatable bonds is 6. The van der Waals surface area contributed by atoms with Crippen LogP contribution in [-0.2, 0) is 14.4 Å². The van der Waals surface area contributed by atoms with Gasteiger partial charge in [0.15, 0.2) is 0 Å². The first-order chi connectivity index (χ1) is 8.90. The second-order valence-corrected chi connectivity index (χ2v) is 4.92. The molecule has 19 heavy (non-hydrogen) atoms. The fraction of sp³-hybridized carbons (Fsp3) is 0.769. The second-order valence-electron chi connectivity index (χ2n) is 4.92. The number of carboxylic acid groups (broad SMARTS) is 1. The van der Waals surface area contributed by atoms with Crippen LogP contribution >= 0.6 is 0 Å². The number of hydrogen-bond acceptors (Lipinski definition) is 3. The summed E-state index contributed by atoms with van der Waals surface area (Å²) >= 11 is 0. The molecule has 1 fully saturated rings. The number of carbonyl (C=O) groups is 3. The standard InChI is InChI=1S/C13H22N2O4/c1-4-13(5-2,12(18)19)14-11(17)9-7-10(16)15(6-3)8-9/h9H,4-8H2,1-3H3,(H,14,17)(H,18,19). The topological polar surface area (TPSA) is 86.7 Å². The van der Waals surface area contributed by atoms with Gasteiger partial charge in [0.2, 0.25) is 11.8 Å². The molecule has 1 aliphatic rings. The van der Waals surface area contributed by atoms with Crippen molar-refractivity contribution < 1.29 is 19.5 Å². The van der Waals surface area contributed by atoms with Gasteiger partial charge < -0.3 is 15.3 Å². The lowest BCUT2D eigenvalue weighted by Crippen LogP contribution is -2.55. The van der Waals surface area contributed by atoms with Crippen LogP contribution in [0.15, 0.2) is 0 Å². The zero-order chi connectivity index (χ0) is 14.6. The minimum atomic E-state index is -1.22. The van der Waals surface area contributed by atoms with Crippen molar-refractivity contribution >= 4 is 17.8 Å². The van der Waals surface area contributed by atoms with Crippen molar-refractivity contribution in [3.8, 4) is 0 Å². The molecule has 2 N–H and O–H groups in total. The van der Waals surface area contributed by atoms with E-state index in [1.165, 1.54) is 0 Å². The Morgan fingerprint density at radius 3 is 2.32 bits per heavy atom. The van der Waals surface area contributed by atoms with Crippen LogP contribution in [0.3, 0.4) is 0 Å². The molecule has 1 saturated heterocycles. The predicted molar refractivity (Wildman–Crippen MR) is 69.5 cm³/mol. The van der Waals surface area contributed by atoms with Gasteiger partial charge >= 0.3 is 5.97 Å². The summed E-state index contributed by atoms with van der Waals surface area (Å²) in [5, 5.41) is 11.9. The van der Waals surface area contributed by atoms with Gasteiger partial charge in [-0.15, -0.1) is 0 Å². The Morgan fingerprint density at radius 2 is 1.95 bits per heavy atom. The molecular formula is C13H22N2O4. The van der Waals surface area contributed by atoms with Crippen LogP contribution in [0.5, 0.6) is 0 Å². The third-order valence-corrected chi connectivity index (χ3v) is 3.95. The van der Waals surface area contributed by atoms with Gasteiger partial charge in [0, 0.05) is 19.5 Å². The van der Waals surface area contributed by atoms with Crippen LogP contribution in [0, 0.1) is 5.92 Å². The molecule has 1 atom stereocenters. The summed E-state index contributed by atoms with van der Waals surface area (Å²) in [6.45, 7) is 6.28. The molecule has 108 valence electrons. The van der Waals surface area contributed by atoms with E-state index >= 15 is 0 Å². The fourth-order valence-electron chi connectivity index (χ4n) is 2.37. The van der Waals surface area contributed by atoms with Crippen molar-refractivity contribution in [3.05, 3.63) is 0 Å². The fourth-order valence-corrected chi connectivity index (χ4v) is 2.37. The molecule has 2 amide bonds. The van der Waals surface area contributed by atoms with E-state index in [9.17, 15) is 19.5 Å². The zero-order valence-corrected chi connectivity index (χ0v) is 11.7. The number of hydrogen-bond donors (Lipinski definition) is 2. The third-order valence-electron chi connectivity index (χ3n) is 3.95. The molecular weight excluding hydrogens is 248 g/mol. The summed E-state index contributed by atoms with van der Waals surface area (Å²) in [5.74, 6) is -1.85. The molecule has 0 aromatic carbocycles. The molecule has 0 aromatic heterocycles. The molecule has 0 aliphatic carbocycles. The van der Waals surface area contributed by atoms with E-state index in [-0.39, 0.29) is 18.2 Å². The maximum Gasteiger partial charge on any atom is 0.329 e. The number of likely N-dealkylation sites (tertiary alicyclic amines) is 1. The van der Waals surface area contributed by atoms with E-state index in [0.717, 1.165) is 0 Å². The maximum atomic E-state index is 12.1. The van der Waals surface area contributed by atoms with Gasteiger partial charge in [0.25, 0.3) is 0 Å². The monoisotopic (exact) mass is 270 g/mol. The molecule has 6 heteroatoms. The molecule has 6 nitrogen and oxygen atoms in total. The number of aliphatic carboxylic acids is 1. The maximum absolute atomic E-state index is 12.1. The van der Waals surface area contributed by atoms with Crippen LogP contribution < -0.4 is 5.32 Å². The highest BCUT2D eigenvalue weighted by Gasteiger charge is 2.40. The number of carboxylic acids is 1. The third kappa shape index (κ3) is 3.05. The summed E-state index contributed by atoms with van der Waals surface area (Å²) in [5.41, 5.74) is -1.22. The Balaban J connectivity index is 2.74. The lowest BCUT2D eigenvalue weighted by molar-refractivity contribution is -0.148. The molecule has 1 aliphatic heterocycles. The van der Waals surface area contributed by atoms with Gasteiger partial charge in [-0.25, -0.2) is 4.79 Å². The summed E-state index contributed by atoms with van der Waals surface area (Å²) in [4.78, 5) is 36.7. The summed E-state index contributed by atoms with van der Waals surface area (Å²) in [6, 6.07) is 0. The molecule has 0 aromatic rings. The first-order valence-electron chi connectivity index (χ1n) is 6.73. The normalized spacial score (nSPS) is 19.6. The quantitative estimate of drug-likeness (QED) is 0.740. The minimum Gasteiger partial charge on any atom is -0.480 e. The predicted octanol–water partition coefficient (Wildman–Crippen LogP) is 0.614. The Labute approximate surface area is 113 Å². The van der Waals surface area contributed by atoms with Crippen LogP contribution in [0.25, 0.3) is 0 Å². The minimum absolute atomic E-state index is 0.0448. The number of nitrogens with zero attached hydrogens (tertiary/aromatic N) is 1. The van der Waals surface area contributed by atoms with Crippen molar-refractivity contribution in [2.45, 2.75) is 45.6 Å². The highest BCUT2D eigenvalue weighted by Crippen LogP contribution is 2.21. The van der Waals surface area contributed by atoms with Crippen LogP contribution in [0.2, 0.25) is 0 Å². The summed E-state index contributed by atoms with van der Waals surface area (Å²) < 4.78 is 0. The number of nitrogens with one attached hydrogen (secondary N) is 1. The lowest BCUT2D eigenvalue weighted by Gasteiger charge is -2.29. The summed E-state index contributed by atoms with van der Waals surface area (Å²) in [7, 11) is 0. The van der Waals surface area contributed by atoms with Crippen LogP contribution in [0.1, 0.15) is 40.0 Å². The Hall–Kier alpha value is -1.59. The van der Waals surface area contributed by atoms with E-state index in [0.29, 0.717) is 25.9 Å². The SMILES string of the molecule is CCN1CC(C(=O)NC(CC)(CC)C(=O)O)CC1=O. The number of amides is 2. The van der Waals surface area contributed by atoms with E-state index in [1.807, 2.05) is 6.92 Å². The first-order valence-corrected chi connectivity index (χ1v) is 6.73. The lowest BCUT2D eigenvalue weighted by atomic mass is 9.91. The van der Waals surface area contributed by atoms with Gasteiger partial charge in [-0.05, 0) is 19.8 Å². The number of carbonyl (C=O) groups excluding carboxylic acids is 2.